The zero-order valence-electron chi connectivity index (χ0n) is 9.55. The Balaban J connectivity index is 2.57. The van der Waals surface area contributed by atoms with Crippen molar-refractivity contribution in [1.82, 2.24) is 4.98 Å². The lowest BCUT2D eigenvalue weighted by atomic mass is 10.1. The second kappa shape index (κ2) is 4.47. The molecule has 0 fully saturated rings. The number of benzene rings is 1. The van der Waals surface area contributed by atoms with Crippen LogP contribution in [0.15, 0.2) is 24.4 Å². The van der Waals surface area contributed by atoms with Crippen molar-refractivity contribution in [2.24, 2.45) is 0 Å². The summed E-state index contributed by atoms with van der Waals surface area (Å²) < 4.78 is 13.2. The lowest BCUT2D eigenvalue weighted by Gasteiger charge is -2.10. The van der Waals surface area contributed by atoms with E-state index in [0.717, 1.165) is 29.6 Å². The Morgan fingerprint density at radius 2 is 2.19 bits per heavy atom. The van der Waals surface area contributed by atoms with Crippen molar-refractivity contribution < 1.29 is 4.39 Å². The van der Waals surface area contributed by atoms with Crippen LogP contribution in [0.25, 0.3) is 10.9 Å². The first-order valence-electron chi connectivity index (χ1n) is 5.51. The van der Waals surface area contributed by atoms with Crippen molar-refractivity contribution in [2.75, 3.05) is 11.9 Å². The van der Waals surface area contributed by atoms with Gasteiger partial charge in [0.15, 0.2) is 0 Å². The molecule has 3 heteroatoms. The highest BCUT2D eigenvalue weighted by atomic mass is 19.1. The first-order valence-corrected chi connectivity index (χ1v) is 5.51. The summed E-state index contributed by atoms with van der Waals surface area (Å²) in [6, 6.07) is 4.95. The number of hydrogen-bond donors (Lipinski definition) is 1. The van der Waals surface area contributed by atoms with Crippen LogP contribution in [0.2, 0.25) is 0 Å². The third-order valence-corrected chi connectivity index (χ3v) is 2.57. The molecule has 2 nitrogen and oxygen atoms in total. The number of nitrogens with zero attached hydrogens (tertiary/aromatic N) is 1. The minimum atomic E-state index is -0.231. The summed E-state index contributed by atoms with van der Waals surface area (Å²) in [6.45, 7) is 4.93. The minimum Gasteiger partial charge on any atom is -0.384 e. The van der Waals surface area contributed by atoms with Crippen LogP contribution in [0.3, 0.4) is 0 Å². The predicted octanol–water partition coefficient (Wildman–Crippen LogP) is 3.50. The number of aromatic nitrogens is 1. The summed E-state index contributed by atoms with van der Waals surface area (Å²) in [6.07, 6.45) is 2.77. The van der Waals surface area contributed by atoms with E-state index in [4.69, 9.17) is 0 Å². The molecule has 84 valence electrons. The van der Waals surface area contributed by atoms with E-state index in [1.54, 1.807) is 12.3 Å². The summed E-state index contributed by atoms with van der Waals surface area (Å²) in [7, 11) is 0. The van der Waals surface area contributed by atoms with Crippen LogP contribution in [0.1, 0.15) is 18.9 Å². The maximum atomic E-state index is 13.2. The maximum Gasteiger partial charge on any atom is 0.125 e. The topological polar surface area (TPSA) is 24.9 Å². The fraction of sp³-hybridized carbons (Fsp3) is 0.308. The average Bonchev–Trinajstić information content (AvgIpc) is 2.25. The van der Waals surface area contributed by atoms with Gasteiger partial charge in [-0.25, -0.2) is 4.39 Å². The summed E-state index contributed by atoms with van der Waals surface area (Å²) in [5, 5.41) is 4.35. The van der Waals surface area contributed by atoms with E-state index in [2.05, 4.69) is 17.2 Å². The van der Waals surface area contributed by atoms with E-state index < -0.39 is 0 Å². The molecule has 16 heavy (non-hydrogen) atoms. The van der Waals surface area contributed by atoms with Crippen LogP contribution in [0.5, 0.6) is 0 Å². The third-order valence-electron chi connectivity index (χ3n) is 2.57. The number of hydrogen-bond acceptors (Lipinski definition) is 2. The Bertz CT molecular complexity index is 509. The number of rotatable bonds is 3. The molecule has 0 saturated carbocycles. The van der Waals surface area contributed by atoms with Crippen LogP contribution >= 0.6 is 0 Å². The third kappa shape index (κ3) is 1.98. The number of halogens is 1. The van der Waals surface area contributed by atoms with Gasteiger partial charge in [0.05, 0.1) is 5.52 Å². The van der Waals surface area contributed by atoms with Gasteiger partial charge in [-0.1, -0.05) is 6.92 Å². The molecule has 2 aromatic rings. The fourth-order valence-electron chi connectivity index (χ4n) is 1.86. The highest BCUT2D eigenvalue weighted by molar-refractivity contribution is 5.93. The molecule has 1 aromatic carbocycles. The van der Waals surface area contributed by atoms with Gasteiger partial charge >= 0.3 is 0 Å². The Labute approximate surface area is 94.5 Å². The molecule has 0 radical (unpaired) electrons. The summed E-state index contributed by atoms with van der Waals surface area (Å²) >= 11 is 0. The lowest BCUT2D eigenvalue weighted by Crippen LogP contribution is -2.01. The zero-order valence-corrected chi connectivity index (χ0v) is 9.55. The predicted molar refractivity (Wildman–Crippen MR) is 65.2 cm³/mol. The highest BCUT2D eigenvalue weighted by Crippen LogP contribution is 2.25. The van der Waals surface area contributed by atoms with Gasteiger partial charge in [-0.15, -0.1) is 0 Å². The van der Waals surface area contributed by atoms with Crippen LogP contribution in [-0.4, -0.2) is 11.5 Å². The Hall–Kier alpha value is -1.64. The van der Waals surface area contributed by atoms with Crippen molar-refractivity contribution in [3.8, 4) is 0 Å². The smallest absolute Gasteiger partial charge is 0.125 e. The first kappa shape index (κ1) is 10.9. The van der Waals surface area contributed by atoms with E-state index >= 15 is 0 Å². The first-order chi connectivity index (χ1) is 7.72. The molecule has 0 atom stereocenters. The summed E-state index contributed by atoms with van der Waals surface area (Å²) in [5.41, 5.74) is 2.66. The zero-order chi connectivity index (χ0) is 11.5. The highest BCUT2D eigenvalue weighted by Gasteiger charge is 2.06. The lowest BCUT2D eigenvalue weighted by molar-refractivity contribution is 0.628. The number of fused-ring (bicyclic) bond motifs is 1. The molecule has 0 amide bonds. The Kier molecular flexibility index (Phi) is 3.04. The van der Waals surface area contributed by atoms with Crippen LogP contribution in [0, 0.1) is 12.7 Å². The van der Waals surface area contributed by atoms with Gasteiger partial charge in [-0.2, -0.15) is 0 Å². The van der Waals surface area contributed by atoms with Gasteiger partial charge in [-0.05, 0) is 31.0 Å². The molecule has 1 heterocycles. The summed E-state index contributed by atoms with van der Waals surface area (Å²) in [4.78, 5) is 4.19. The van der Waals surface area contributed by atoms with Gasteiger partial charge in [0.2, 0.25) is 0 Å². The van der Waals surface area contributed by atoms with E-state index in [1.165, 1.54) is 6.07 Å². The molecular formula is C13H15FN2. The molecule has 0 spiro atoms. The average molecular weight is 218 g/mol. The largest absolute Gasteiger partial charge is 0.384 e. The molecule has 0 aliphatic carbocycles. The molecule has 0 saturated heterocycles. The van der Waals surface area contributed by atoms with Crippen molar-refractivity contribution >= 4 is 16.6 Å². The number of pyridine rings is 1. The van der Waals surface area contributed by atoms with Gasteiger partial charge in [0, 0.05) is 29.9 Å². The normalized spacial score (nSPS) is 10.7. The molecule has 0 aliphatic rings. The van der Waals surface area contributed by atoms with Crippen molar-refractivity contribution in [3.63, 3.8) is 0 Å². The van der Waals surface area contributed by atoms with E-state index in [1.807, 2.05) is 13.0 Å². The van der Waals surface area contributed by atoms with Gasteiger partial charge < -0.3 is 5.32 Å². The number of anilines is 1. The molecule has 0 aliphatic heterocycles. The number of aryl methyl sites for hydroxylation is 1. The fourth-order valence-corrected chi connectivity index (χ4v) is 1.86. The van der Waals surface area contributed by atoms with E-state index in [9.17, 15) is 4.39 Å². The van der Waals surface area contributed by atoms with Crippen LogP contribution < -0.4 is 5.32 Å². The van der Waals surface area contributed by atoms with Crippen LogP contribution in [-0.2, 0) is 0 Å². The molecule has 0 bridgehead atoms. The maximum absolute atomic E-state index is 13.2. The molecular weight excluding hydrogens is 203 g/mol. The van der Waals surface area contributed by atoms with Gasteiger partial charge in [-0.3, -0.25) is 4.98 Å². The summed E-state index contributed by atoms with van der Waals surface area (Å²) in [5.74, 6) is -0.231. The van der Waals surface area contributed by atoms with Crippen molar-refractivity contribution in [1.29, 1.82) is 0 Å². The van der Waals surface area contributed by atoms with Gasteiger partial charge in [0.25, 0.3) is 0 Å². The quantitative estimate of drug-likeness (QED) is 0.852. The second-order valence-corrected chi connectivity index (χ2v) is 3.90. The van der Waals surface area contributed by atoms with Gasteiger partial charge in [0.1, 0.15) is 5.82 Å². The Morgan fingerprint density at radius 1 is 1.38 bits per heavy atom. The molecule has 1 aromatic heterocycles. The number of nitrogens with one attached hydrogen (secondary N) is 1. The van der Waals surface area contributed by atoms with Crippen molar-refractivity contribution in [3.05, 3.63) is 35.8 Å². The Morgan fingerprint density at radius 3 is 2.94 bits per heavy atom. The minimum absolute atomic E-state index is 0.231. The standard InChI is InChI=1S/C13H15FN2/c1-3-5-15-11-4-6-16-12-8-10(14)7-9(2)13(11)12/h4,6-8H,3,5H2,1-2H3,(H,15,16). The van der Waals surface area contributed by atoms with Crippen LogP contribution in [0.4, 0.5) is 10.1 Å². The van der Waals surface area contributed by atoms with Crippen molar-refractivity contribution in [2.45, 2.75) is 20.3 Å². The molecule has 1 N–H and O–H groups in total. The van der Waals surface area contributed by atoms with E-state index in [-0.39, 0.29) is 5.82 Å². The molecule has 0 unspecified atom stereocenters. The SMILES string of the molecule is CCCNc1ccnc2cc(F)cc(C)c12. The monoisotopic (exact) mass is 218 g/mol. The molecule has 2 rings (SSSR count). The second-order valence-electron chi connectivity index (χ2n) is 3.90. The van der Waals surface area contributed by atoms with E-state index in [0.29, 0.717) is 5.52 Å².